The molecule has 0 saturated heterocycles. The van der Waals surface area contributed by atoms with Crippen molar-refractivity contribution in [1.82, 2.24) is 5.32 Å². The van der Waals surface area contributed by atoms with E-state index in [2.05, 4.69) is 21.2 Å². The number of benzene rings is 1. The Labute approximate surface area is 96.8 Å². The lowest BCUT2D eigenvalue weighted by molar-refractivity contribution is 0.0954. The van der Waals surface area contributed by atoms with Gasteiger partial charge in [-0.2, -0.15) is 0 Å². The number of rotatable bonds is 3. The van der Waals surface area contributed by atoms with Gasteiger partial charge in [-0.1, -0.05) is 40.5 Å². The van der Waals surface area contributed by atoms with Gasteiger partial charge in [0.05, 0.1) is 0 Å². The highest BCUT2D eigenvalue weighted by Crippen LogP contribution is 2.10. The van der Waals surface area contributed by atoms with Gasteiger partial charge in [0.2, 0.25) is 0 Å². The summed E-state index contributed by atoms with van der Waals surface area (Å²) in [7, 11) is 0. The second kappa shape index (κ2) is 5.37. The normalized spacial score (nSPS) is 12.2. The van der Waals surface area contributed by atoms with Crippen LogP contribution in [0.25, 0.3) is 0 Å². The Morgan fingerprint density at radius 1 is 1.64 bits per heavy atom. The van der Waals surface area contributed by atoms with Gasteiger partial charge in [0.15, 0.2) is 0 Å². The van der Waals surface area contributed by atoms with E-state index >= 15 is 0 Å². The average molecular weight is 277 g/mol. The van der Waals surface area contributed by atoms with Gasteiger partial charge in [0.25, 0.3) is 5.91 Å². The molecule has 0 aliphatic rings. The molecule has 0 spiro atoms. The summed E-state index contributed by atoms with van der Waals surface area (Å²) >= 11 is 9.11. The minimum Gasteiger partial charge on any atom is -0.351 e. The second-order valence-electron chi connectivity index (χ2n) is 3.00. The zero-order valence-corrected chi connectivity index (χ0v) is 10.1. The van der Waals surface area contributed by atoms with Crippen molar-refractivity contribution >= 4 is 33.4 Å². The third-order valence-corrected chi connectivity index (χ3v) is 2.19. The van der Waals surface area contributed by atoms with Crippen LogP contribution < -0.4 is 5.32 Å². The molecule has 0 fully saturated rings. The molecule has 1 aromatic carbocycles. The largest absolute Gasteiger partial charge is 0.351 e. The van der Waals surface area contributed by atoms with Gasteiger partial charge in [0.1, 0.15) is 0 Å². The zero-order chi connectivity index (χ0) is 10.6. The van der Waals surface area contributed by atoms with Crippen molar-refractivity contribution in [2.45, 2.75) is 11.8 Å². The Morgan fingerprint density at radius 3 is 2.93 bits per heavy atom. The number of carbonyl (C=O) groups excluding carboxylic acids is 1. The molecule has 0 radical (unpaired) electrons. The lowest BCUT2D eigenvalue weighted by Gasteiger charge is -2.06. The molecule has 1 unspecified atom stereocenters. The van der Waals surface area contributed by atoms with Crippen LogP contribution in [0.2, 0.25) is 5.02 Å². The Bertz CT molecular complexity index is 328. The summed E-state index contributed by atoms with van der Waals surface area (Å²) < 4.78 is 0. The Balaban J connectivity index is 2.61. The van der Waals surface area contributed by atoms with E-state index in [-0.39, 0.29) is 10.7 Å². The molecule has 14 heavy (non-hydrogen) atoms. The van der Waals surface area contributed by atoms with E-state index in [0.717, 1.165) is 0 Å². The highest BCUT2D eigenvalue weighted by Gasteiger charge is 2.05. The molecular weight excluding hydrogens is 265 g/mol. The molecule has 0 saturated carbocycles. The standard InChI is InChI=1S/C10H11BrClNO/c1-7(11)6-13-10(14)8-3-2-4-9(12)5-8/h2-5,7H,6H2,1H3,(H,13,14). The van der Waals surface area contributed by atoms with E-state index in [9.17, 15) is 4.79 Å². The minimum absolute atomic E-state index is 0.0983. The first-order valence-corrected chi connectivity index (χ1v) is 5.57. The maximum Gasteiger partial charge on any atom is 0.251 e. The molecule has 4 heteroatoms. The van der Waals surface area contributed by atoms with Gasteiger partial charge >= 0.3 is 0 Å². The predicted octanol–water partition coefficient (Wildman–Crippen LogP) is 2.85. The first-order valence-electron chi connectivity index (χ1n) is 4.27. The summed E-state index contributed by atoms with van der Waals surface area (Å²) in [5.41, 5.74) is 0.589. The van der Waals surface area contributed by atoms with Crippen LogP contribution in [0.5, 0.6) is 0 Å². The highest BCUT2D eigenvalue weighted by atomic mass is 79.9. The number of hydrogen-bond donors (Lipinski definition) is 1. The van der Waals surface area contributed by atoms with Crippen molar-refractivity contribution in [2.24, 2.45) is 0 Å². The fourth-order valence-corrected chi connectivity index (χ4v) is 1.32. The molecular formula is C10H11BrClNO. The summed E-state index contributed by atoms with van der Waals surface area (Å²) in [6.45, 7) is 2.57. The third-order valence-electron chi connectivity index (χ3n) is 1.63. The summed E-state index contributed by atoms with van der Waals surface area (Å²) in [5, 5.41) is 3.35. The van der Waals surface area contributed by atoms with Gasteiger partial charge in [-0.05, 0) is 18.2 Å². The molecule has 1 amide bonds. The number of nitrogens with one attached hydrogen (secondary N) is 1. The average Bonchev–Trinajstić information content (AvgIpc) is 2.14. The van der Waals surface area contributed by atoms with Crippen molar-refractivity contribution in [3.05, 3.63) is 34.9 Å². The molecule has 0 heterocycles. The molecule has 1 N–H and O–H groups in total. The van der Waals surface area contributed by atoms with Crippen molar-refractivity contribution in [2.75, 3.05) is 6.54 Å². The topological polar surface area (TPSA) is 29.1 Å². The monoisotopic (exact) mass is 275 g/mol. The summed E-state index contributed by atoms with van der Waals surface area (Å²) in [4.78, 5) is 11.8. The van der Waals surface area contributed by atoms with Crippen molar-refractivity contribution < 1.29 is 4.79 Å². The number of carbonyl (C=O) groups is 1. The van der Waals surface area contributed by atoms with Gasteiger partial charge < -0.3 is 5.32 Å². The Morgan fingerprint density at radius 2 is 2.36 bits per heavy atom. The maximum atomic E-state index is 11.5. The number of amides is 1. The van der Waals surface area contributed by atoms with Crippen LogP contribution in [0.15, 0.2) is 24.3 Å². The van der Waals surface area contributed by atoms with E-state index in [4.69, 9.17) is 11.6 Å². The zero-order valence-electron chi connectivity index (χ0n) is 7.76. The van der Waals surface area contributed by atoms with Crippen molar-refractivity contribution in [1.29, 1.82) is 0 Å². The minimum atomic E-state index is -0.0983. The van der Waals surface area contributed by atoms with Crippen LogP contribution in [-0.4, -0.2) is 17.3 Å². The molecule has 0 aliphatic carbocycles. The van der Waals surface area contributed by atoms with E-state index in [0.29, 0.717) is 17.1 Å². The van der Waals surface area contributed by atoms with Crippen LogP contribution in [0.3, 0.4) is 0 Å². The first-order chi connectivity index (χ1) is 6.59. The summed E-state index contributed by atoms with van der Waals surface area (Å²) in [6.07, 6.45) is 0. The van der Waals surface area contributed by atoms with Gasteiger partial charge in [-0.25, -0.2) is 0 Å². The van der Waals surface area contributed by atoms with Gasteiger partial charge in [-0.15, -0.1) is 0 Å². The molecule has 1 rings (SSSR count). The SMILES string of the molecule is CC(Br)CNC(=O)c1cccc(Cl)c1. The third kappa shape index (κ3) is 3.68. The van der Waals surface area contributed by atoms with Crippen LogP contribution in [0.1, 0.15) is 17.3 Å². The smallest absolute Gasteiger partial charge is 0.251 e. The van der Waals surface area contributed by atoms with Crippen LogP contribution in [-0.2, 0) is 0 Å². The molecule has 1 aromatic rings. The van der Waals surface area contributed by atoms with E-state index in [1.807, 2.05) is 6.92 Å². The predicted molar refractivity (Wildman–Crippen MR) is 62.2 cm³/mol. The fraction of sp³-hybridized carbons (Fsp3) is 0.300. The lowest BCUT2D eigenvalue weighted by Crippen LogP contribution is -2.28. The maximum absolute atomic E-state index is 11.5. The first kappa shape index (κ1) is 11.5. The van der Waals surface area contributed by atoms with Crippen LogP contribution in [0.4, 0.5) is 0 Å². The van der Waals surface area contributed by atoms with Crippen LogP contribution >= 0.6 is 27.5 Å². The van der Waals surface area contributed by atoms with Crippen LogP contribution in [0, 0.1) is 0 Å². The number of alkyl halides is 1. The number of halogens is 2. The second-order valence-corrected chi connectivity index (χ2v) is 5.00. The van der Waals surface area contributed by atoms with Crippen molar-refractivity contribution in [3.63, 3.8) is 0 Å². The quantitative estimate of drug-likeness (QED) is 0.845. The fourth-order valence-electron chi connectivity index (χ4n) is 0.965. The Hall–Kier alpha value is -0.540. The summed E-state index contributed by atoms with van der Waals surface area (Å²) in [5.74, 6) is -0.0983. The molecule has 1 atom stereocenters. The molecule has 0 aromatic heterocycles. The van der Waals surface area contributed by atoms with Gasteiger partial charge in [-0.3, -0.25) is 4.79 Å². The molecule has 76 valence electrons. The Kier molecular flexibility index (Phi) is 4.42. The molecule has 0 aliphatic heterocycles. The van der Waals surface area contributed by atoms with E-state index < -0.39 is 0 Å². The highest BCUT2D eigenvalue weighted by molar-refractivity contribution is 9.09. The number of hydrogen-bond acceptors (Lipinski definition) is 1. The molecule has 2 nitrogen and oxygen atoms in total. The molecule has 0 bridgehead atoms. The van der Waals surface area contributed by atoms with Crippen molar-refractivity contribution in [3.8, 4) is 0 Å². The van der Waals surface area contributed by atoms with E-state index in [1.54, 1.807) is 24.3 Å². The van der Waals surface area contributed by atoms with Gasteiger partial charge in [0, 0.05) is 22.0 Å². The van der Waals surface area contributed by atoms with E-state index in [1.165, 1.54) is 0 Å². The summed E-state index contributed by atoms with van der Waals surface area (Å²) in [6, 6.07) is 6.89. The lowest BCUT2D eigenvalue weighted by atomic mass is 10.2.